The van der Waals surface area contributed by atoms with Crippen LogP contribution in [0.25, 0.3) is 0 Å². The molecule has 0 aliphatic carbocycles. The van der Waals surface area contributed by atoms with Crippen molar-refractivity contribution in [2.45, 2.75) is 26.4 Å². The highest BCUT2D eigenvalue weighted by Crippen LogP contribution is 2.25. The Labute approximate surface area is 81.6 Å². The smallest absolute Gasteiger partial charge is 0.0840 e. The first-order chi connectivity index (χ1) is 5.41. The van der Waals surface area contributed by atoms with Gasteiger partial charge in [-0.25, -0.2) is 0 Å². The average Bonchev–Trinajstić information content (AvgIpc) is 1.92. The highest BCUT2D eigenvalue weighted by molar-refractivity contribution is 9.10. The Morgan fingerprint density at radius 2 is 1.92 bits per heavy atom. The Morgan fingerprint density at radius 1 is 1.33 bits per heavy atom. The van der Waals surface area contributed by atoms with Crippen LogP contribution in [0.3, 0.4) is 0 Å². The summed E-state index contributed by atoms with van der Waals surface area (Å²) in [6.45, 7) is 5.59. The summed E-state index contributed by atoms with van der Waals surface area (Å²) < 4.78 is 1.04. The number of rotatable bonds is 1. The highest BCUT2D eigenvalue weighted by atomic mass is 79.9. The first kappa shape index (κ1) is 9.75. The first-order valence-corrected chi connectivity index (χ1v) is 4.69. The summed E-state index contributed by atoms with van der Waals surface area (Å²) in [5.74, 6) is 0. The molecule has 0 aliphatic rings. The van der Waals surface area contributed by atoms with Gasteiger partial charge in [-0.1, -0.05) is 28.1 Å². The lowest BCUT2D eigenvalue weighted by Crippen LogP contribution is -2.15. The second-order valence-electron chi connectivity index (χ2n) is 3.52. The second kappa shape index (κ2) is 3.19. The molecule has 0 radical (unpaired) electrons. The molecular weight excluding hydrogens is 216 g/mol. The van der Waals surface area contributed by atoms with E-state index in [-0.39, 0.29) is 0 Å². The van der Waals surface area contributed by atoms with Crippen LogP contribution in [0.5, 0.6) is 0 Å². The summed E-state index contributed by atoms with van der Waals surface area (Å²) in [7, 11) is 0. The van der Waals surface area contributed by atoms with E-state index in [1.165, 1.54) is 5.56 Å². The molecule has 12 heavy (non-hydrogen) atoms. The highest BCUT2D eigenvalue weighted by Gasteiger charge is 2.15. The third-order valence-corrected chi connectivity index (χ3v) is 2.73. The van der Waals surface area contributed by atoms with Crippen LogP contribution in [-0.4, -0.2) is 5.11 Å². The summed E-state index contributed by atoms with van der Waals surface area (Å²) in [5.41, 5.74) is 1.36. The molecule has 0 unspecified atom stereocenters. The third-order valence-electron chi connectivity index (χ3n) is 1.88. The van der Waals surface area contributed by atoms with Gasteiger partial charge in [0, 0.05) is 4.47 Å². The van der Waals surface area contributed by atoms with Crippen LogP contribution in [0.15, 0.2) is 22.7 Å². The van der Waals surface area contributed by atoms with Crippen LogP contribution in [0.2, 0.25) is 0 Å². The lowest BCUT2D eigenvalue weighted by atomic mass is 9.98. The van der Waals surface area contributed by atoms with Crippen molar-refractivity contribution in [2.24, 2.45) is 0 Å². The molecular formula is C10H13BrO. The first-order valence-electron chi connectivity index (χ1n) is 3.90. The van der Waals surface area contributed by atoms with Crippen LogP contribution in [-0.2, 0) is 5.60 Å². The largest absolute Gasteiger partial charge is 0.386 e. The van der Waals surface area contributed by atoms with Gasteiger partial charge < -0.3 is 5.11 Å². The molecule has 1 aromatic carbocycles. The molecule has 0 fully saturated rings. The van der Waals surface area contributed by atoms with Crippen molar-refractivity contribution in [2.75, 3.05) is 0 Å². The van der Waals surface area contributed by atoms with E-state index >= 15 is 0 Å². The Balaban J connectivity index is 3.14. The van der Waals surface area contributed by atoms with Crippen LogP contribution in [0.4, 0.5) is 0 Å². The maximum absolute atomic E-state index is 9.68. The van der Waals surface area contributed by atoms with Crippen LogP contribution in [0.1, 0.15) is 25.0 Å². The zero-order valence-electron chi connectivity index (χ0n) is 7.56. The molecule has 1 nitrogen and oxygen atoms in total. The van der Waals surface area contributed by atoms with Crippen molar-refractivity contribution < 1.29 is 5.11 Å². The topological polar surface area (TPSA) is 20.2 Å². The van der Waals surface area contributed by atoms with Crippen LogP contribution >= 0.6 is 15.9 Å². The normalized spacial score (nSPS) is 11.8. The molecule has 2 heteroatoms. The SMILES string of the molecule is Cc1ccc(C(C)(C)O)cc1Br. The monoisotopic (exact) mass is 228 g/mol. The van der Waals surface area contributed by atoms with Gasteiger partial charge in [0.05, 0.1) is 5.60 Å². The van der Waals surface area contributed by atoms with Crippen molar-refractivity contribution in [3.63, 3.8) is 0 Å². The minimum Gasteiger partial charge on any atom is -0.386 e. The van der Waals surface area contributed by atoms with Crippen molar-refractivity contribution >= 4 is 15.9 Å². The van der Waals surface area contributed by atoms with E-state index < -0.39 is 5.60 Å². The number of hydrogen-bond donors (Lipinski definition) is 1. The Morgan fingerprint density at radius 3 is 2.33 bits per heavy atom. The Hall–Kier alpha value is -0.340. The summed E-state index contributed by atoms with van der Waals surface area (Å²) in [6.07, 6.45) is 0. The minimum absolute atomic E-state index is 0.754. The van der Waals surface area contributed by atoms with Crippen molar-refractivity contribution in [3.8, 4) is 0 Å². The quantitative estimate of drug-likeness (QED) is 0.784. The summed E-state index contributed by atoms with van der Waals surface area (Å²) in [6, 6.07) is 5.90. The number of aryl methyl sites for hydroxylation is 1. The molecule has 0 bridgehead atoms. The van der Waals surface area contributed by atoms with Crippen molar-refractivity contribution in [1.82, 2.24) is 0 Å². The molecule has 0 aromatic heterocycles. The predicted octanol–water partition coefficient (Wildman–Crippen LogP) is 2.98. The molecule has 1 N–H and O–H groups in total. The van der Waals surface area contributed by atoms with Crippen LogP contribution in [0, 0.1) is 6.92 Å². The van der Waals surface area contributed by atoms with Gasteiger partial charge in [-0.05, 0) is 38.0 Å². The molecule has 0 atom stereocenters. The summed E-state index contributed by atoms with van der Waals surface area (Å²) in [4.78, 5) is 0. The maximum atomic E-state index is 9.68. The molecule has 0 saturated heterocycles. The van der Waals surface area contributed by atoms with Crippen molar-refractivity contribution in [1.29, 1.82) is 0 Å². The predicted molar refractivity (Wildman–Crippen MR) is 54.1 cm³/mol. The number of aliphatic hydroxyl groups is 1. The van der Waals surface area contributed by atoms with E-state index in [0.29, 0.717) is 0 Å². The molecule has 0 heterocycles. The fourth-order valence-corrected chi connectivity index (χ4v) is 1.35. The van der Waals surface area contributed by atoms with Gasteiger partial charge in [0.2, 0.25) is 0 Å². The molecule has 0 aliphatic heterocycles. The second-order valence-corrected chi connectivity index (χ2v) is 4.38. The Kier molecular flexibility index (Phi) is 2.59. The molecule has 66 valence electrons. The number of benzene rings is 1. The standard InChI is InChI=1S/C10H13BrO/c1-7-4-5-8(6-9(7)11)10(2,3)12/h4-6,12H,1-3H3. The lowest BCUT2D eigenvalue weighted by Gasteiger charge is -2.18. The molecule has 0 amide bonds. The molecule has 0 saturated carbocycles. The molecule has 1 rings (SSSR count). The Bertz CT molecular complexity index is 286. The van der Waals surface area contributed by atoms with E-state index in [2.05, 4.69) is 15.9 Å². The third kappa shape index (κ3) is 2.08. The van der Waals surface area contributed by atoms with E-state index in [0.717, 1.165) is 10.0 Å². The van der Waals surface area contributed by atoms with Crippen LogP contribution < -0.4 is 0 Å². The molecule has 1 aromatic rings. The van der Waals surface area contributed by atoms with E-state index in [1.807, 2.05) is 25.1 Å². The number of hydrogen-bond acceptors (Lipinski definition) is 1. The van der Waals surface area contributed by atoms with Gasteiger partial charge in [0.15, 0.2) is 0 Å². The van der Waals surface area contributed by atoms with Gasteiger partial charge >= 0.3 is 0 Å². The fourth-order valence-electron chi connectivity index (χ4n) is 0.973. The van der Waals surface area contributed by atoms with Gasteiger partial charge in [0.1, 0.15) is 0 Å². The molecule has 0 spiro atoms. The maximum Gasteiger partial charge on any atom is 0.0840 e. The summed E-state index contributed by atoms with van der Waals surface area (Å²) >= 11 is 3.43. The van der Waals surface area contributed by atoms with Gasteiger partial charge in [-0.2, -0.15) is 0 Å². The van der Waals surface area contributed by atoms with E-state index in [9.17, 15) is 5.11 Å². The lowest BCUT2D eigenvalue weighted by molar-refractivity contribution is 0.0785. The summed E-state index contributed by atoms with van der Waals surface area (Å²) in [5, 5.41) is 9.68. The van der Waals surface area contributed by atoms with Gasteiger partial charge in [0.25, 0.3) is 0 Å². The zero-order valence-corrected chi connectivity index (χ0v) is 9.14. The van der Waals surface area contributed by atoms with Gasteiger partial charge in [-0.3, -0.25) is 0 Å². The minimum atomic E-state index is -0.754. The van der Waals surface area contributed by atoms with E-state index in [4.69, 9.17) is 0 Å². The average molecular weight is 229 g/mol. The number of halogens is 1. The van der Waals surface area contributed by atoms with E-state index in [1.54, 1.807) is 13.8 Å². The van der Waals surface area contributed by atoms with Gasteiger partial charge in [-0.15, -0.1) is 0 Å². The fraction of sp³-hybridized carbons (Fsp3) is 0.400. The van der Waals surface area contributed by atoms with Crippen molar-refractivity contribution in [3.05, 3.63) is 33.8 Å². The zero-order chi connectivity index (χ0) is 9.35.